The van der Waals surface area contributed by atoms with Gasteiger partial charge < -0.3 is 5.32 Å². The van der Waals surface area contributed by atoms with Gasteiger partial charge in [-0.3, -0.25) is 9.10 Å². The largest absolute Gasteiger partial charge is 0.348 e. The predicted molar refractivity (Wildman–Crippen MR) is 129 cm³/mol. The first-order chi connectivity index (χ1) is 15.3. The highest BCUT2D eigenvalue weighted by atomic mass is 32.2. The van der Waals surface area contributed by atoms with E-state index in [1.54, 1.807) is 42.5 Å². The van der Waals surface area contributed by atoms with Gasteiger partial charge in [-0.25, -0.2) is 8.42 Å². The van der Waals surface area contributed by atoms with Crippen molar-refractivity contribution in [3.05, 3.63) is 95.6 Å². The first-order valence-corrected chi connectivity index (χ1v) is 12.3. The van der Waals surface area contributed by atoms with Gasteiger partial charge in [0.15, 0.2) is 0 Å². The van der Waals surface area contributed by atoms with Crippen LogP contribution in [0.4, 0.5) is 5.69 Å². The number of nitrogens with zero attached hydrogens (tertiary/aromatic N) is 1. The molecule has 6 heteroatoms. The molecule has 0 unspecified atom stereocenters. The number of anilines is 1. The van der Waals surface area contributed by atoms with Crippen LogP contribution in [0.25, 0.3) is 0 Å². The second kappa shape index (κ2) is 10.5. The van der Waals surface area contributed by atoms with E-state index in [0.717, 1.165) is 23.1 Å². The smallest absolute Gasteiger partial charge is 0.264 e. The van der Waals surface area contributed by atoms with Crippen molar-refractivity contribution in [2.75, 3.05) is 10.8 Å². The van der Waals surface area contributed by atoms with E-state index in [9.17, 15) is 13.2 Å². The van der Waals surface area contributed by atoms with E-state index in [1.807, 2.05) is 57.2 Å². The molecule has 0 aliphatic rings. The highest BCUT2D eigenvalue weighted by Crippen LogP contribution is 2.25. The van der Waals surface area contributed by atoms with Gasteiger partial charge in [0.25, 0.3) is 10.0 Å². The van der Waals surface area contributed by atoms with E-state index in [4.69, 9.17) is 0 Å². The van der Waals surface area contributed by atoms with Crippen molar-refractivity contribution < 1.29 is 13.2 Å². The average molecular weight is 451 g/mol. The number of hydrogen-bond donors (Lipinski definition) is 1. The Bertz CT molecular complexity index is 1130. The average Bonchev–Trinajstić information content (AvgIpc) is 2.82. The van der Waals surface area contributed by atoms with Gasteiger partial charge in [0.05, 0.1) is 16.6 Å². The fourth-order valence-electron chi connectivity index (χ4n) is 3.52. The molecule has 168 valence electrons. The second-order valence-corrected chi connectivity index (χ2v) is 9.65. The van der Waals surface area contributed by atoms with Crippen LogP contribution in [0.2, 0.25) is 0 Å². The predicted octanol–water partition coefficient (Wildman–Crippen LogP) is 5.02. The molecule has 0 bridgehead atoms. The van der Waals surface area contributed by atoms with Crippen molar-refractivity contribution in [2.24, 2.45) is 0 Å². The van der Waals surface area contributed by atoms with Crippen LogP contribution in [0.3, 0.4) is 0 Å². The highest BCUT2D eigenvalue weighted by Gasteiger charge is 2.27. The Kier molecular flexibility index (Phi) is 7.70. The molecule has 3 aromatic rings. The Morgan fingerprint density at radius 1 is 0.906 bits per heavy atom. The molecule has 1 atom stereocenters. The number of carbonyl (C=O) groups is 1. The molecule has 0 saturated heterocycles. The molecule has 3 aromatic carbocycles. The second-order valence-electron chi connectivity index (χ2n) is 7.78. The first kappa shape index (κ1) is 23.5. The maximum Gasteiger partial charge on any atom is 0.264 e. The molecule has 0 radical (unpaired) electrons. The zero-order valence-electron chi connectivity index (χ0n) is 18.8. The number of sulfonamides is 1. The molecule has 1 N–H and O–H groups in total. The molecule has 32 heavy (non-hydrogen) atoms. The van der Waals surface area contributed by atoms with Gasteiger partial charge in [0, 0.05) is 0 Å². The fraction of sp³-hybridized carbons (Fsp3) is 0.269. The molecule has 0 fully saturated rings. The van der Waals surface area contributed by atoms with Crippen LogP contribution < -0.4 is 9.62 Å². The van der Waals surface area contributed by atoms with Gasteiger partial charge in [0.1, 0.15) is 6.54 Å². The molecule has 0 saturated carbocycles. The number of rotatable bonds is 9. The lowest BCUT2D eigenvalue weighted by Gasteiger charge is -2.26. The number of hydrogen-bond acceptors (Lipinski definition) is 3. The van der Waals surface area contributed by atoms with Crippen LogP contribution in [0.5, 0.6) is 0 Å². The van der Waals surface area contributed by atoms with Gasteiger partial charge in [-0.15, -0.1) is 0 Å². The van der Waals surface area contributed by atoms with E-state index in [-0.39, 0.29) is 23.4 Å². The summed E-state index contributed by atoms with van der Waals surface area (Å²) in [5.41, 5.74) is 3.70. The van der Waals surface area contributed by atoms with Crippen molar-refractivity contribution in [1.29, 1.82) is 0 Å². The zero-order chi connectivity index (χ0) is 23.1. The Labute approximate surface area is 191 Å². The minimum atomic E-state index is -3.91. The monoisotopic (exact) mass is 450 g/mol. The van der Waals surface area contributed by atoms with Gasteiger partial charge >= 0.3 is 0 Å². The van der Waals surface area contributed by atoms with Gasteiger partial charge in [0.2, 0.25) is 5.91 Å². The summed E-state index contributed by atoms with van der Waals surface area (Å²) in [6, 6.07) is 23.3. The maximum absolute atomic E-state index is 13.4. The molecule has 5 nitrogen and oxygen atoms in total. The Morgan fingerprint density at radius 2 is 1.53 bits per heavy atom. The maximum atomic E-state index is 13.4. The van der Waals surface area contributed by atoms with E-state index < -0.39 is 10.0 Å². The quantitative estimate of drug-likeness (QED) is 0.498. The van der Waals surface area contributed by atoms with Crippen LogP contribution in [0, 0.1) is 6.92 Å². The van der Waals surface area contributed by atoms with Gasteiger partial charge in [-0.2, -0.15) is 0 Å². The van der Waals surface area contributed by atoms with Gasteiger partial charge in [-0.1, -0.05) is 74.0 Å². The van der Waals surface area contributed by atoms with Crippen molar-refractivity contribution >= 4 is 21.6 Å². The van der Waals surface area contributed by atoms with Crippen LogP contribution in [-0.4, -0.2) is 20.9 Å². The molecule has 3 rings (SSSR count). The summed E-state index contributed by atoms with van der Waals surface area (Å²) in [6.45, 7) is 5.74. The molecule has 0 aliphatic carbocycles. The highest BCUT2D eigenvalue weighted by molar-refractivity contribution is 7.92. The van der Waals surface area contributed by atoms with E-state index >= 15 is 0 Å². The summed E-state index contributed by atoms with van der Waals surface area (Å²) in [5.74, 6) is -0.350. The number of carbonyl (C=O) groups excluding carboxylic acids is 1. The number of nitrogens with one attached hydrogen (secondary N) is 1. The van der Waals surface area contributed by atoms with E-state index in [2.05, 4.69) is 5.32 Å². The van der Waals surface area contributed by atoms with Crippen LogP contribution >= 0.6 is 0 Å². The molecule has 1 amide bonds. The minimum Gasteiger partial charge on any atom is -0.348 e. The summed E-state index contributed by atoms with van der Waals surface area (Å²) in [7, 11) is -3.91. The molecule has 0 aliphatic heterocycles. The number of aryl methyl sites for hydroxylation is 2. The summed E-state index contributed by atoms with van der Waals surface area (Å²) in [5, 5.41) is 3.00. The summed E-state index contributed by atoms with van der Waals surface area (Å²) < 4.78 is 28.0. The topological polar surface area (TPSA) is 66.5 Å². The SMILES string of the molecule is CCc1ccc(N(CC(=O)N[C@@H](CC)c2ccc(C)cc2)S(=O)(=O)c2ccccc2)cc1. The number of benzene rings is 3. The lowest BCUT2D eigenvalue weighted by molar-refractivity contribution is -0.120. The molecular formula is C26H30N2O3S. The third-order valence-electron chi connectivity index (χ3n) is 5.47. The van der Waals surface area contributed by atoms with Crippen molar-refractivity contribution in [3.8, 4) is 0 Å². The molecule has 0 aromatic heterocycles. The molecule has 0 heterocycles. The first-order valence-electron chi connectivity index (χ1n) is 10.9. The van der Waals surface area contributed by atoms with Crippen molar-refractivity contribution in [2.45, 2.75) is 44.6 Å². The lowest BCUT2D eigenvalue weighted by Crippen LogP contribution is -2.42. The summed E-state index contributed by atoms with van der Waals surface area (Å²) >= 11 is 0. The van der Waals surface area contributed by atoms with Crippen LogP contribution in [-0.2, 0) is 21.2 Å². The van der Waals surface area contributed by atoms with E-state index in [0.29, 0.717) is 12.1 Å². The summed E-state index contributed by atoms with van der Waals surface area (Å²) in [4.78, 5) is 13.2. The Hall–Kier alpha value is -3.12. The summed E-state index contributed by atoms with van der Waals surface area (Å²) in [6.07, 6.45) is 1.55. The lowest BCUT2D eigenvalue weighted by atomic mass is 10.0. The fourth-order valence-corrected chi connectivity index (χ4v) is 4.96. The normalized spacial score (nSPS) is 12.2. The molecule has 0 spiro atoms. The van der Waals surface area contributed by atoms with Crippen LogP contribution in [0.15, 0.2) is 83.8 Å². The third-order valence-corrected chi connectivity index (χ3v) is 7.26. The van der Waals surface area contributed by atoms with Gasteiger partial charge in [-0.05, 0) is 55.2 Å². The van der Waals surface area contributed by atoms with E-state index in [1.165, 1.54) is 4.31 Å². The van der Waals surface area contributed by atoms with Crippen molar-refractivity contribution in [1.82, 2.24) is 5.32 Å². The Balaban J connectivity index is 1.89. The minimum absolute atomic E-state index is 0.151. The van der Waals surface area contributed by atoms with Crippen molar-refractivity contribution in [3.63, 3.8) is 0 Å². The van der Waals surface area contributed by atoms with Crippen LogP contribution in [0.1, 0.15) is 43.0 Å². The zero-order valence-corrected chi connectivity index (χ0v) is 19.6. The standard InChI is InChI=1S/C26H30N2O3S/c1-4-21-13-17-23(18-14-21)28(32(30,31)24-9-7-6-8-10-24)19-26(29)27-25(5-2)22-15-11-20(3)12-16-22/h6-18,25H,4-5,19H2,1-3H3,(H,27,29)/t25-/m0/s1. The third kappa shape index (κ3) is 5.56. The number of amides is 1. The Morgan fingerprint density at radius 3 is 2.09 bits per heavy atom. The molecular weight excluding hydrogens is 420 g/mol.